The first-order valence-electron chi connectivity index (χ1n) is 7.46. The van der Waals surface area contributed by atoms with Gasteiger partial charge in [-0.2, -0.15) is 0 Å². The van der Waals surface area contributed by atoms with Crippen LogP contribution in [0.2, 0.25) is 0 Å². The number of fused-ring (bicyclic) bond motifs is 1. The standard InChI is InChI=1S/C18H17NO5/c1-18(2,17(21)22)11-19-13-7-3-4-8-14(13)24-15(16(19)20)10-12-6-5-9-23-12/h3-10H,11H2,1-2H3,(H,21,22)/b15-10+. The first-order valence-corrected chi connectivity index (χ1v) is 7.46. The van der Waals surface area contributed by atoms with E-state index in [-0.39, 0.29) is 12.3 Å². The number of ether oxygens (including phenoxy) is 1. The molecule has 6 heteroatoms. The smallest absolute Gasteiger partial charge is 0.310 e. The van der Waals surface area contributed by atoms with Gasteiger partial charge in [-0.05, 0) is 38.1 Å². The molecule has 2 heterocycles. The average Bonchev–Trinajstić information content (AvgIpc) is 3.04. The lowest BCUT2D eigenvalue weighted by Gasteiger charge is -2.34. The second-order valence-corrected chi connectivity index (χ2v) is 6.17. The molecular formula is C18H17NO5. The molecule has 0 bridgehead atoms. The minimum Gasteiger partial charge on any atom is -0.481 e. The molecule has 1 aromatic carbocycles. The van der Waals surface area contributed by atoms with Crippen molar-refractivity contribution in [3.63, 3.8) is 0 Å². The lowest BCUT2D eigenvalue weighted by Crippen LogP contribution is -2.45. The molecular weight excluding hydrogens is 310 g/mol. The topological polar surface area (TPSA) is 80.0 Å². The molecule has 1 aliphatic rings. The number of carbonyl (C=O) groups is 2. The number of carbonyl (C=O) groups excluding carboxylic acids is 1. The summed E-state index contributed by atoms with van der Waals surface area (Å²) in [6.45, 7) is 3.18. The third kappa shape index (κ3) is 2.90. The molecule has 0 saturated carbocycles. The number of rotatable bonds is 4. The Morgan fingerprint density at radius 2 is 2.00 bits per heavy atom. The van der Waals surface area contributed by atoms with Gasteiger partial charge in [-0.25, -0.2) is 0 Å². The van der Waals surface area contributed by atoms with Gasteiger partial charge in [0.1, 0.15) is 5.76 Å². The van der Waals surface area contributed by atoms with Crippen LogP contribution in [0.25, 0.3) is 6.08 Å². The van der Waals surface area contributed by atoms with Crippen LogP contribution in [0.4, 0.5) is 5.69 Å². The maximum absolute atomic E-state index is 12.8. The fraction of sp³-hybridized carbons (Fsp3) is 0.222. The number of para-hydroxylation sites is 2. The minimum atomic E-state index is -1.10. The van der Waals surface area contributed by atoms with E-state index in [1.807, 2.05) is 0 Å². The van der Waals surface area contributed by atoms with Crippen LogP contribution in [0.5, 0.6) is 5.75 Å². The monoisotopic (exact) mass is 327 g/mol. The van der Waals surface area contributed by atoms with Crippen molar-refractivity contribution in [2.75, 3.05) is 11.4 Å². The molecule has 0 fully saturated rings. The maximum atomic E-state index is 12.8. The van der Waals surface area contributed by atoms with E-state index in [0.29, 0.717) is 17.2 Å². The lowest BCUT2D eigenvalue weighted by molar-refractivity contribution is -0.146. The van der Waals surface area contributed by atoms with E-state index in [2.05, 4.69) is 0 Å². The number of carboxylic acids is 1. The molecule has 0 saturated heterocycles. The normalized spacial score (nSPS) is 16.0. The number of nitrogens with zero attached hydrogens (tertiary/aromatic N) is 1. The predicted molar refractivity (Wildman–Crippen MR) is 87.5 cm³/mol. The first-order chi connectivity index (χ1) is 11.4. The van der Waals surface area contributed by atoms with Crippen LogP contribution in [-0.2, 0) is 9.59 Å². The summed E-state index contributed by atoms with van der Waals surface area (Å²) in [7, 11) is 0. The van der Waals surface area contributed by atoms with Crippen molar-refractivity contribution in [1.29, 1.82) is 0 Å². The van der Waals surface area contributed by atoms with E-state index in [1.54, 1.807) is 50.2 Å². The molecule has 1 amide bonds. The van der Waals surface area contributed by atoms with Gasteiger partial charge in [0, 0.05) is 12.6 Å². The Bertz CT molecular complexity index is 805. The molecule has 2 aromatic rings. The molecule has 1 N–H and O–H groups in total. The van der Waals surface area contributed by atoms with Crippen molar-refractivity contribution in [3.05, 3.63) is 54.2 Å². The maximum Gasteiger partial charge on any atom is 0.310 e. The Morgan fingerprint density at radius 3 is 2.67 bits per heavy atom. The number of benzene rings is 1. The van der Waals surface area contributed by atoms with E-state index in [0.717, 1.165) is 0 Å². The van der Waals surface area contributed by atoms with Gasteiger partial charge in [0.05, 0.1) is 17.4 Å². The van der Waals surface area contributed by atoms with Gasteiger partial charge in [0.2, 0.25) is 0 Å². The van der Waals surface area contributed by atoms with Gasteiger partial charge in [-0.3, -0.25) is 9.59 Å². The highest BCUT2D eigenvalue weighted by Crippen LogP contribution is 2.37. The van der Waals surface area contributed by atoms with Gasteiger partial charge in [-0.1, -0.05) is 12.1 Å². The Kier molecular flexibility index (Phi) is 3.89. The molecule has 6 nitrogen and oxygen atoms in total. The van der Waals surface area contributed by atoms with Crippen LogP contribution in [-0.4, -0.2) is 23.5 Å². The minimum absolute atomic E-state index is 0.0248. The number of carboxylic acid groups (broad SMARTS) is 1. The highest BCUT2D eigenvalue weighted by Gasteiger charge is 2.37. The van der Waals surface area contributed by atoms with Crippen LogP contribution in [0, 0.1) is 5.41 Å². The van der Waals surface area contributed by atoms with Gasteiger partial charge in [0.25, 0.3) is 5.91 Å². The van der Waals surface area contributed by atoms with Crippen molar-refractivity contribution in [3.8, 4) is 5.75 Å². The first kappa shape index (κ1) is 15.9. The summed E-state index contributed by atoms with van der Waals surface area (Å²) >= 11 is 0. The van der Waals surface area contributed by atoms with Crippen molar-refractivity contribution in [2.24, 2.45) is 5.41 Å². The molecule has 0 atom stereocenters. The number of amides is 1. The number of aliphatic carboxylic acids is 1. The zero-order chi connectivity index (χ0) is 17.3. The van der Waals surface area contributed by atoms with Crippen LogP contribution < -0.4 is 9.64 Å². The van der Waals surface area contributed by atoms with E-state index in [1.165, 1.54) is 17.2 Å². The lowest BCUT2D eigenvalue weighted by atomic mass is 9.92. The fourth-order valence-electron chi connectivity index (χ4n) is 2.38. The van der Waals surface area contributed by atoms with Crippen molar-refractivity contribution < 1.29 is 23.8 Å². The van der Waals surface area contributed by atoms with Crippen LogP contribution in [0.15, 0.2) is 52.8 Å². The second-order valence-electron chi connectivity index (χ2n) is 6.17. The van der Waals surface area contributed by atoms with Gasteiger partial charge >= 0.3 is 5.97 Å². The van der Waals surface area contributed by atoms with Gasteiger partial charge in [-0.15, -0.1) is 0 Å². The molecule has 1 aromatic heterocycles. The van der Waals surface area contributed by atoms with Crippen molar-refractivity contribution in [2.45, 2.75) is 13.8 Å². The molecule has 0 radical (unpaired) electrons. The molecule has 1 aliphatic heterocycles. The Balaban J connectivity index is 2.02. The summed E-state index contributed by atoms with van der Waals surface area (Å²) in [6, 6.07) is 10.4. The molecule has 3 rings (SSSR count). The van der Waals surface area contributed by atoms with E-state index in [4.69, 9.17) is 9.15 Å². The quantitative estimate of drug-likeness (QED) is 0.873. The van der Waals surface area contributed by atoms with E-state index >= 15 is 0 Å². The highest BCUT2D eigenvalue weighted by molar-refractivity contribution is 6.10. The second kappa shape index (κ2) is 5.88. The Labute approximate surface area is 138 Å². The molecule has 0 unspecified atom stereocenters. The molecule has 0 spiro atoms. The van der Waals surface area contributed by atoms with E-state index < -0.39 is 17.3 Å². The summed E-state index contributed by atoms with van der Waals surface area (Å²) < 4.78 is 10.9. The van der Waals surface area contributed by atoms with Crippen molar-refractivity contribution >= 4 is 23.6 Å². The van der Waals surface area contributed by atoms with Crippen LogP contribution in [0.1, 0.15) is 19.6 Å². The third-order valence-electron chi connectivity index (χ3n) is 3.78. The summed E-state index contributed by atoms with van der Waals surface area (Å²) in [4.78, 5) is 25.7. The number of hydrogen-bond donors (Lipinski definition) is 1. The average molecular weight is 327 g/mol. The summed E-state index contributed by atoms with van der Waals surface area (Å²) in [5.74, 6) is -0.314. The summed E-state index contributed by atoms with van der Waals surface area (Å²) in [5, 5.41) is 9.38. The fourth-order valence-corrected chi connectivity index (χ4v) is 2.38. The number of hydrogen-bond acceptors (Lipinski definition) is 4. The van der Waals surface area contributed by atoms with Crippen molar-refractivity contribution in [1.82, 2.24) is 0 Å². The predicted octanol–water partition coefficient (Wildman–Crippen LogP) is 3.16. The molecule has 24 heavy (non-hydrogen) atoms. The summed E-state index contributed by atoms with van der Waals surface area (Å²) in [6.07, 6.45) is 3.00. The molecule has 124 valence electrons. The zero-order valence-electron chi connectivity index (χ0n) is 13.4. The van der Waals surface area contributed by atoms with E-state index in [9.17, 15) is 14.7 Å². The number of anilines is 1. The number of furan rings is 1. The zero-order valence-corrected chi connectivity index (χ0v) is 13.4. The van der Waals surface area contributed by atoms with Gasteiger partial charge < -0.3 is 19.2 Å². The highest BCUT2D eigenvalue weighted by atomic mass is 16.5. The largest absolute Gasteiger partial charge is 0.481 e. The SMILES string of the molecule is CC(C)(CN1C(=O)/C(=C\c2ccco2)Oc2ccccc21)C(=O)O. The van der Waals surface area contributed by atoms with Crippen LogP contribution >= 0.6 is 0 Å². The summed E-state index contributed by atoms with van der Waals surface area (Å²) in [5.41, 5.74) is -0.552. The van der Waals surface area contributed by atoms with Gasteiger partial charge in [0.15, 0.2) is 11.5 Å². The van der Waals surface area contributed by atoms with Crippen LogP contribution in [0.3, 0.4) is 0 Å². The Hall–Kier alpha value is -3.02. The third-order valence-corrected chi connectivity index (χ3v) is 3.78. The Morgan fingerprint density at radius 1 is 1.25 bits per heavy atom. The molecule has 0 aliphatic carbocycles.